The highest BCUT2D eigenvalue weighted by Gasteiger charge is 2.44. The van der Waals surface area contributed by atoms with E-state index in [-0.39, 0.29) is 0 Å². The van der Waals surface area contributed by atoms with Crippen LogP contribution in [0.2, 0.25) is 0 Å². The first-order chi connectivity index (χ1) is 14.9. The van der Waals surface area contributed by atoms with E-state index in [0.29, 0.717) is 6.54 Å². The van der Waals surface area contributed by atoms with Crippen LogP contribution in [0.5, 0.6) is 0 Å². The monoisotopic (exact) mass is 394 g/mol. The molecule has 1 aliphatic heterocycles. The van der Waals surface area contributed by atoms with Gasteiger partial charge in [-0.05, 0) is 23.1 Å². The summed E-state index contributed by atoms with van der Waals surface area (Å²) in [4.78, 5) is 2.52. The van der Waals surface area contributed by atoms with Gasteiger partial charge in [-0.15, -0.1) is 0 Å². The summed E-state index contributed by atoms with van der Waals surface area (Å²) in [5.74, 6) is 1.13. The van der Waals surface area contributed by atoms with E-state index in [1.807, 2.05) is 6.20 Å². The molecular formula is C26H26N4. The first-order valence-electron chi connectivity index (χ1n) is 10.5. The average molecular weight is 395 g/mol. The van der Waals surface area contributed by atoms with Gasteiger partial charge < -0.3 is 10.6 Å². The van der Waals surface area contributed by atoms with E-state index in [1.165, 1.54) is 16.7 Å². The molecule has 3 aromatic carbocycles. The van der Waals surface area contributed by atoms with Crippen LogP contribution >= 0.6 is 0 Å². The first kappa shape index (κ1) is 18.6. The van der Waals surface area contributed by atoms with Crippen LogP contribution in [0, 0.1) is 0 Å². The third-order valence-corrected chi connectivity index (χ3v) is 6.09. The molecule has 0 unspecified atom stereocenters. The molecule has 0 spiro atoms. The normalized spacial score (nSPS) is 13.8. The molecular weight excluding hydrogens is 368 g/mol. The number of nitrogens with two attached hydrogens (primary N) is 1. The second-order valence-corrected chi connectivity index (χ2v) is 7.73. The van der Waals surface area contributed by atoms with Gasteiger partial charge in [0.05, 0.1) is 6.20 Å². The number of benzene rings is 3. The minimum absolute atomic E-state index is 0.473. The lowest BCUT2D eigenvalue weighted by Gasteiger charge is -2.48. The molecule has 4 nitrogen and oxygen atoms in total. The number of hydrogen-bond donors (Lipinski definition) is 1. The van der Waals surface area contributed by atoms with Crippen molar-refractivity contribution in [2.75, 3.05) is 11.4 Å². The predicted molar refractivity (Wildman–Crippen MR) is 121 cm³/mol. The van der Waals surface area contributed by atoms with Gasteiger partial charge in [-0.2, -0.15) is 5.10 Å². The largest absolute Gasteiger partial charge is 0.339 e. The molecule has 0 saturated carbocycles. The molecule has 1 aliphatic rings. The minimum Gasteiger partial charge on any atom is -0.339 e. The van der Waals surface area contributed by atoms with Crippen LogP contribution in [-0.4, -0.2) is 16.3 Å². The highest BCUT2D eigenvalue weighted by Crippen LogP contribution is 2.46. The first-order valence-corrected chi connectivity index (χ1v) is 10.5. The Morgan fingerprint density at radius 1 is 0.733 bits per heavy atom. The molecule has 30 heavy (non-hydrogen) atoms. The summed E-state index contributed by atoms with van der Waals surface area (Å²) in [7, 11) is 0. The van der Waals surface area contributed by atoms with E-state index in [9.17, 15) is 0 Å². The highest BCUT2D eigenvalue weighted by molar-refractivity contribution is 5.63. The van der Waals surface area contributed by atoms with E-state index in [2.05, 4.69) is 106 Å². The van der Waals surface area contributed by atoms with E-state index >= 15 is 0 Å². The summed E-state index contributed by atoms with van der Waals surface area (Å²) in [6, 6.07) is 32.4. The topological polar surface area (TPSA) is 47.1 Å². The molecule has 4 heteroatoms. The zero-order chi connectivity index (χ0) is 20.4. The molecule has 1 aromatic heterocycles. The summed E-state index contributed by atoms with van der Waals surface area (Å²) in [6.45, 7) is 2.32. The van der Waals surface area contributed by atoms with Gasteiger partial charge in [0.2, 0.25) is 0 Å². The second-order valence-electron chi connectivity index (χ2n) is 7.73. The average Bonchev–Trinajstić information content (AvgIpc) is 3.26. The Labute approximate surface area is 177 Å². The molecule has 2 N–H and O–H groups in total. The molecule has 0 saturated heterocycles. The SMILES string of the molecule is NCc1cnn2c1N(C(c1ccccc1)(c1ccccc1)c1ccccc1)CCC2. The van der Waals surface area contributed by atoms with Crippen molar-refractivity contribution in [1.82, 2.24) is 9.78 Å². The van der Waals surface area contributed by atoms with Crippen molar-refractivity contribution in [3.63, 3.8) is 0 Å². The van der Waals surface area contributed by atoms with Crippen molar-refractivity contribution >= 4 is 5.82 Å². The smallest absolute Gasteiger partial charge is 0.132 e. The van der Waals surface area contributed by atoms with Crippen molar-refractivity contribution in [3.8, 4) is 0 Å². The van der Waals surface area contributed by atoms with Crippen LogP contribution < -0.4 is 10.6 Å². The van der Waals surface area contributed by atoms with E-state index < -0.39 is 5.54 Å². The number of aryl methyl sites for hydroxylation is 1. The lowest BCUT2D eigenvalue weighted by molar-refractivity contribution is 0.450. The maximum atomic E-state index is 6.16. The molecule has 0 amide bonds. The zero-order valence-electron chi connectivity index (χ0n) is 17.0. The third kappa shape index (κ3) is 2.84. The van der Waals surface area contributed by atoms with Gasteiger partial charge in [0.25, 0.3) is 0 Å². The molecule has 2 heterocycles. The Hall–Kier alpha value is -3.37. The van der Waals surface area contributed by atoms with Crippen LogP contribution in [0.4, 0.5) is 5.82 Å². The number of rotatable bonds is 5. The fraction of sp³-hybridized carbons (Fsp3) is 0.192. The molecule has 4 aromatic rings. The fourth-order valence-electron chi connectivity index (χ4n) is 4.85. The second kappa shape index (κ2) is 7.81. The van der Waals surface area contributed by atoms with Crippen molar-refractivity contribution < 1.29 is 0 Å². The molecule has 0 atom stereocenters. The Morgan fingerprint density at radius 3 is 1.70 bits per heavy atom. The van der Waals surface area contributed by atoms with Crippen molar-refractivity contribution in [1.29, 1.82) is 0 Å². The highest BCUT2D eigenvalue weighted by atomic mass is 15.4. The Balaban J connectivity index is 1.88. The Bertz CT molecular complexity index is 994. The molecule has 0 radical (unpaired) electrons. The minimum atomic E-state index is -0.480. The van der Waals surface area contributed by atoms with Crippen LogP contribution in [0.3, 0.4) is 0 Å². The van der Waals surface area contributed by atoms with Crippen molar-refractivity contribution in [2.45, 2.75) is 25.0 Å². The molecule has 0 bridgehead atoms. The van der Waals surface area contributed by atoms with Crippen molar-refractivity contribution in [3.05, 3.63) is 119 Å². The quantitative estimate of drug-likeness (QED) is 0.506. The number of aromatic nitrogens is 2. The van der Waals surface area contributed by atoms with Gasteiger partial charge in [0.15, 0.2) is 0 Å². The number of nitrogens with zero attached hydrogens (tertiary/aromatic N) is 3. The van der Waals surface area contributed by atoms with Gasteiger partial charge in [0.1, 0.15) is 11.4 Å². The molecule has 0 fully saturated rings. The molecule has 5 rings (SSSR count). The number of anilines is 1. The summed E-state index contributed by atoms with van der Waals surface area (Å²) in [6.07, 6.45) is 2.96. The number of fused-ring (bicyclic) bond motifs is 1. The lowest BCUT2D eigenvalue weighted by Crippen LogP contribution is -2.51. The van der Waals surface area contributed by atoms with Crippen molar-refractivity contribution in [2.24, 2.45) is 5.73 Å². The summed E-state index contributed by atoms with van der Waals surface area (Å²) in [5.41, 5.74) is 10.5. The van der Waals surface area contributed by atoms with Gasteiger partial charge in [-0.25, -0.2) is 4.68 Å². The lowest BCUT2D eigenvalue weighted by atomic mass is 9.75. The Kier molecular flexibility index (Phi) is 4.85. The van der Waals surface area contributed by atoms with Gasteiger partial charge in [0, 0.05) is 25.2 Å². The van der Waals surface area contributed by atoms with Gasteiger partial charge >= 0.3 is 0 Å². The standard InChI is InChI=1S/C26H26N4/c27-19-21-20-28-30-18-10-17-29(25(21)30)26(22-11-4-1-5-12-22,23-13-6-2-7-14-23)24-15-8-3-9-16-24/h1-9,11-16,20H,10,17-19,27H2. The van der Waals surface area contributed by atoms with Crippen LogP contribution in [-0.2, 0) is 18.6 Å². The summed E-state index contributed by atoms with van der Waals surface area (Å²) >= 11 is 0. The third-order valence-electron chi connectivity index (χ3n) is 6.09. The van der Waals surface area contributed by atoms with E-state index in [0.717, 1.165) is 30.9 Å². The maximum Gasteiger partial charge on any atom is 0.132 e. The van der Waals surface area contributed by atoms with Gasteiger partial charge in [-0.1, -0.05) is 91.0 Å². The Morgan fingerprint density at radius 2 is 1.23 bits per heavy atom. The molecule has 150 valence electrons. The van der Waals surface area contributed by atoms with Crippen LogP contribution in [0.15, 0.2) is 97.2 Å². The molecule has 0 aliphatic carbocycles. The fourth-order valence-corrected chi connectivity index (χ4v) is 4.85. The number of hydrogen-bond acceptors (Lipinski definition) is 3. The van der Waals surface area contributed by atoms with Crippen LogP contribution in [0.1, 0.15) is 28.7 Å². The van der Waals surface area contributed by atoms with Crippen LogP contribution in [0.25, 0.3) is 0 Å². The zero-order valence-corrected chi connectivity index (χ0v) is 17.0. The van der Waals surface area contributed by atoms with E-state index in [4.69, 9.17) is 5.73 Å². The summed E-state index contributed by atoms with van der Waals surface area (Å²) in [5, 5.41) is 4.67. The predicted octanol–water partition coefficient (Wildman–Crippen LogP) is 4.54. The van der Waals surface area contributed by atoms with E-state index in [1.54, 1.807) is 0 Å². The maximum absolute atomic E-state index is 6.16. The summed E-state index contributed by atoms with van der Waals surface area (Å²) < 4.78 is 2.12. The van der Waals surface area contributed by atoms with Gasteiger partial charge in [-0.3, -0.25) is 0 Å².